The molecule has 2 heterocycles. The number of nitrogens with zero attached hydrogens (tertiary/aromatic N) is 3. The average Bonchev–Trinajstić information content (AvgIpc) is 2.78. The van der Waals surface area contributed by atoms with E-state index in [1.807, 2.05) is 37.0 Å². The van der Waals surface area contributed by atoms with Gasteiger partial charge in [-0.1, -0.05) is 5.16 Å². The molecule has 2 rings (SSSR count). The largest absolute Gasteiger partial charge is 0.359 e. The van der Waals surface area contributed by atoms with Crippen molar-refractivity contribution < 1.29 is 4.52 Å². The van der Waals surface area contributed by atoms with Gasteiger partial charge in [0.2, 0.25) is 0 Å². The minimum atomic E-state index is 0.630. The van der Waals surface area contributed by atoms with Crippen molar-refractivity contribution in [3.8, 4) is 0 Å². The van der Waals surface area contributed by atoms with Gasteiger partial charge in [0.05, 0.1) is 11.4 Å². The number of aromatic nitrogens is 3. The highest BCUT2D eigenvalue weighted by atomic mass is 16.5. The highest BCUT2D eigenvalue weighted by molar-refractivity contribution is 5.06. The molecular formula is C10H14N4O. The maximum Gasteiger partial charge on any atom is 0.158 e. The van der Waals surface area contributed by atoms with Crippen LogP contribution in [0.15, 0.2) is 22.9 Å². The summed E-state index contributed by atoms with van der Waals surface area (Å²) in [5.41, 5.74) is 1.92. The van der Waals surface area contributed by atoms with Crippen LogP contribution in [0.2, 0.25) is 0 Å². The molecule has 80 valence electrons. The molecule has 5 nitrogen and oxygen atoms in total. The molecule has 1 N–H and O–H groups in total. The molecule has 2 aromatic rings. The van der Waals surface area contributed by atoms with E-state index in [9.17, 15) is 0 Å². The quantitative estimate of drug-likeness (QED) is 0.809. The average molecular weight is 206 g/mol. The fraction of sp³-hybridized carbons (Fsp3) is 0.400. The summed E-state index contributed by atoms with van der Waals surface area (Å²) in [4.78, 5) is 0. The van der Waals surface area contributed by atoms with Crippen LogP contribution in [-0.4, -0.2) is 22.0 Å². The third kappa shape index (κ3) is 2.44. The van der Waals surface area contributed by atoms with Crippen molar-refractivity contribution in [2.75, 3.05) is 7.05 Å². The Morgan fingerprint density at radius 3 is 3.07 bits per heavy atom. The van der Waals surface area contributed by atoms with Gasteiger partial charge in [0, 0.05) is 18.8 Å². The van der Waals surface area contributed by atoms with Crippen LogP contribution in [0.25, 0.3) is 0 Å². The highest BCUT2D eigenvalue weighted by Crippen LogP contribution is 2.05. The lowest BCUT2D eigenvalue weighted by molar-refractivity contribution is 0.365. The molecule has 0 aromatic carbocycles. The zero-order chi connectivity index (χ0) is 10.7. The van der Waals surface area contributed by atoms with Gasteiger partial charge in [-0.05, 0) is 20.0 Å². The molecule has 0 radical (unpaired) electrons. The molecule has 2 aromatic heterocycles. The fourth-order valence-corrected chi connectivity index (χ4v) is 1.41. The van der Waals surface area contributed by atoms with Crippen molar-refractivity contribution in [1.82, 2.24) is 20.3 Å². The molecule has 0 saturated carbocycles. The van der Waals surface area contributed by atoms with E-state index in [1.165, 1.54) is 0 Å². The zero-order valence-electron chi connectivity index (χ0n) is 8.90. The van der Waals surface area contributed by atoms with E-state index >= 15 is 0 Å². The second-order valence-corrected chi connectivity index (χ2v) is 3.47. The topological polar surface area (TPSA) is 55.9 Å². The van der Waals surface area contributed by atoms with Crippen molar-refractivity contribution in [2.45, 2.75) is 20.0 Å². The first-order valence-corrected chi connectivity index (χ1v) is 4.87. The first kappa shape index (κ1) is 9.92. The summed E-state index contributed by atoms with van der Waals surface area (Å²) in [5.74, 6) is 0.823. The Labute approximate surface area is 88.1 Å². The van der Waals surface area contributed by atoms with E-state index in [4.69, 9.17) is 4.52 Å². The third-order valence-electron chi connectivity index (χ3n) is 2.06. The van der Waals surface area contributed by atoms with Crippen LogP contribution in [0.5, 0.6) is 0 Å². The monoisotopic (exact) mass is 206 g/mol. The smallest absolute Gasteiger partial charge is 0.158 e. The predicted octanol–water partition coefficient (Wildman–Crippen LogP) is 0.947. The second kappa shape index (κ2) is 4.27. The molecular weight excluding hydrogens is 192 g/mol. The third-order valence-corrected chi connectivity index (χ3v) is 2.06. The molecule has 0 aliphatic heterocycles. The van der Waals surface area contributed by atoms with Gasteiger partial charge in [-0.15, -0.1) is 0 Å². The lowest BCUT2D eigenvalue weighted by atomic mass is 10.3. The van der Waals surface area contributed by atoms with Crippen LogP contribution in [0.3, 0.4) is 0 Å². The summed E-state index contributed by atoms with van der Waals surface area (Å²) < 4.78 is 7.01. The first-order valence-electron chi connectivity index (χ1n) is 4.87. The van der Waals surface area contributed by atoms with Gasteiger partial charge in [0.1, 0.15) is 6.54 Å². The Kier molecular flexibility index (Phi) is 2.82. The lowest BCUT2D eigenvalue weighted by Crippen LogP contribution is -2.04. The Hall–Kier alpha value is -1.62. The maximum absolute atomic E-state index is 5.18. The highest BCUT2D eigenvalue weighted by Gasteiger charge is 2.04. The van der Waals surface area contributed by atoms with E-state index in [2.05, 4.69) is 15.6 Å². The molecule has 0 bridgehead atoms. The minimum Gasteiger partial charge on any atom is -0.359 e. The summed E-state index contributed by atoms with van der Waals surface area (Å²) in [6.45, 7) is 3.31. The van der Waals surface area contributed by atoms with Crippen LogP contribution in [0.4, 0.5) is 0 Å². The van der Waals surface area contributed by atoms with Crippen LogP contribution < -0.4 is 5.32 Å². The van der Waals surface area contributed by atoms with Crippen molar-refractivity contribution in [1.29, 1.82) is 0 Å². The van der Waals surface area contributed by atoms with Gasteiger partial charge in [-0.2, -0.15) is 5.10 Å². The van der Waals surface area contributed by atoms with Crippen LogP contribution >= 0.6 is 0 Å². The molecule has 0 amide bonds. The second-order valence-electron chi connectivity index (χ2n) is 3.47. The summed E-state index contributed by atoms with van der Waals surface area (Å²) in [5, 5.41) is 11.2. The Bertz CT molecular complexity index is 432. The number of hydrogen-bond donors (Lipinski definition) is 1. The van der Waals surface area contributed by atoms with Gasteiger partial charge in [-0.3, -0.25) is 4.68 Å². The van der Waals surface area contributed by atoms with Gasteiger partial charge in [-0.25, -0.2) is 0 Å². The van der Waals surface area contributed by atoms with Crippen molar-refractivity contribution in [3.63, 3.8) is 0 Å². The van der Waals surface area contributed by atoms with E-state index in [0.29, 0.717) is 6.54 Å². The molecule has 0 atom stereocenters. The van der Waals surface area contributed by atoms with E-state index in [1.54, 1.807) is 0 Å². The fourth-order valence-electron chi connectivity index (χ4n) is 1.41. The van der Waals surface area contributed by atoms with Crippen LogP contribution in [0, 0.1) is 6.92 Å². The summed E-state index contributed by atoms with van der Waals surface area (Å²) in [6, 6.07) is 3.90. The van der Waals surface area contributed by atoms with Crippen LogP contribution in [0.1, 0.15) is 17.1 Å². The molecule has 0 aliphatic rings. The van der Waals surface area contributed by atoms with Gasteiger partial charge in [0.25, 0.3) is 0 Å². The molecule has 0 saturated heterocycles. The molecule has 0 fully saturated rings. The van der Waals surface area contributed by atoms with E-state index in [0.717, 1.165) is 23.7 Å². The van der Waals surface area contributed by atoms with E-state index in [-0.39, 0.29) is 0 Å². The summed E-state index contributed by atoms with van der Waals surface area (Å²) in [6.07, 6.45) is 1.93. The number of aryl methyl sites for hydroxylation is 1. The first-order chi connectivity index (χ1) is 7.28. The minimum absolute atomic E-state index is 0.630. The SMILES string of the molecule is CNCc1cc(Cn2ccc(C)n2)on1. The zero-order valence-corrected chi connectivity index (χ0v) is 8.90. The molecule has 15 heavy (non-hydrogen) atoms. The number of nitrogens with one attached hydrogen (secondary N) is 1. The van der Waals surface area contributed by atoms with Crippen LogP contribution in [-0.2, 0) is 13.1 Å². The lowest BCUT2D eigenvalue weighted by Gasteiger charge is -1.94. The Morgan fingerprint density at radius 1 is 1.53 bits per heavy atom. The Morgan fingerprint density at radius 2 is 2.40 bits per heavy atom. The summed E-state index contributed by atoms with van der Waals surface area (Å²) in [7, 11) is 1.88. The maximum atomic E-state index is 5.18. The predicted molar refractivity (Wildman–Crippen MR) is 55.3 cm³/mol. The molecule has 5 heteroatoms. The van der Waals surface area contributed by atoms with Gasteiger partial charge >= 0.3 is 0 Å². The van der Waals surface area contributed by atoms with Crippen molar-refractivity contribution in [3.05, 3.63) is 35.5 Å². The van der Waals surface area contributed by atoms with Gasteiger partial charge in [0.15, 0.2) is 5.76 Å². The molecule has 0 aliphatic carbocycles. The van der Waals surface area contributed by atoms with Crippen molar-refractivity contribution >= 4 is 0 Å². The van der Waals surface area contributed by atoms with Crippen molar-refractivity contribution in [2.24, 2.45) is 0 Å². The van der Waals surface area contributed by atoms with E-state index < -0.39 is 0 Å². The molecule has 0 spiro atoms. The molecule has 0 unspecified atom stereocenters. The van der Waals surface area contributed by atoms with Gasteiger partial charge < -0.3 is 9.84 Å². The number of hydrogen-bond acceptors (Lipinski definition) is 4. The standard InChI is InChI=1S/C10H14N4O/c1-8-3-4-14(12-8)7-10-5-9(6-11-2)13-15-10/h3-5,11H,6-7H2,1-2H3. The number of rotatable bonds is 4. The normalized spacial score (nSPS) is 10.8. The Balaban J connectivity index is 2.04. The summed E-state index contributed by atoms with van der Waals surface area (Å²) >= 11 is 0.